The number of hydrogen-bond donors (Lipinski definition) is 3. The first kappa shape index (κ1) is 15.4. The molecule has 4 N–H and O–H groups in total. The highest BCUT2D eigenvalue weighted by Crippen LogP contribution is 2.23. The van der Waals surface area contributed by atoms with Crippen LogP contribution in [0.5, 0.6) is 11.7 Å². The summed E-state index contributed by atoms with van der Waals surface area (Å²) in [6, 6.07) is 11.0. The van der Waals surface area contributed by atoms with Crippen LogP contribution in [0.3, 0.4) is 0 Å². The molecule has 1 aromatic heterocycles. The maximum atomic E-state index is 11.9. The molecule has 0 saturated heterocycles. The Labute approximate surface area is 126 Å². The molecule has 3 amide bonds. The van der Waals surface area contributed by atoms with E-state index in [0.717, 1.165) is 0 Å². The van der Waals surface area contributed by atoms with E-state index in [2.05, 4.69) is 5.32 Å². The molecule has 0 aliphatic heterocycles. The Morgan fingerprint density at radius 1 is 1.23 bits per heavy atom. The number of primary amides is 1. The van der Waals surface area contributed by atoms with Crippen molar-refractivity contribution in [2.24, 2.45) is 5.73 Å². The quantitative estimate of drug-likeness (QED) is 0.553. The van der Waals surface area contributed by atoms with Crippen LogP contribution in [0.4, 0.5) is 4.79 Å². The number of urea groups is 1. The zero-order valence-corrected chi connectivity index (χ0v) is 11.6. The molecule has 1 heterocycles. The second-order valence-corrected chi connectivity index (χ2v) is 4.25. The second-order valence-electron chi connectivity index (χ2n) is 4.25. The molecule has 0 bridgehead atoms. The number of carbonyl (C=O) groups is 2. The zero-order chi connectivity index (χ0) is 15.9. The zero-order valence-electron chi connectivity index (χ0n) is 11.6. The van der Waals surface area contributed by atoms with E-state index in [1.54, 1.807) is 24.3 Å². The number of furan rings is 1. The van der Waals surface area contributed by atoms with Crippen molar-refractivity contribution in [1.29, 1.82) is 0 Å². The number of amides is 3. The van der Waals surface area contributed by atoms with Gasteiger partial charge in [-0.25, -0.2) is 9.86 Å². The molecular weight excluding hydrogens is 290 g/mol. The molecule has 8 heteroatoms. The summed E-state index contributed by atoms with van der Waals surface area (Å²) >= 11 is 0. The lowest BCUT2D eigenvalue weighted by Crippen LogP contribution is -2.38. The number of benzene rings is 1. The lowest BCUT2D eigenvalue weighted by Gasteiger charge is -2.13. The number of hydrogen-bond acceptors (Lipinski definition) is 5. The van der Waals surface area contributed by atoms with Crippen LogP contribution in [-0.4, -0.2) is 35.3 Å². The highest BCUT2D eigenvalue weighted by Gasteiger charge is 2.18. The lowest BCUT2D eigenvalue weighted by molar-refractivity contribution is -0.0586. The molecule has 2 aromatic rings. The van der Waals surface area contributed by atoms with E-state index in [0.29, 0.717) is 10.8 Å². The van der Waals surface area contributed by atoms with Crippen LogP contribution in [0, 0.1) is 0 Å². The Bertz CT molecular complexity index is 641. The van der Waals surface area contributed by atoms with Crippen LogP contribution in [0.1, 0.15) is 10.6 Å². The van der Waals surface area contributed by atoms with Crippen LogP contribution in [-0.2, 0) is 0 Å². The van der Waals surface area contributed by atoms with E-state index >= 15 is 0 Å². The highest BCUT2D eigenvalue weighted by atomic mass is 16.6. The molecular formula is C14H15N3O5. The van der Waals surface area contributed by atoms with Crippen LogP contribution in [0.2, 0.25) is 0 Å². The van der Waals surface area contributed by atoms with E-state index in [1.165, 1.54) is 12.1 Å². The molecule has 0 fully saturated rings. The summed E-state index contributed by atoms with van der Waals surface area (Å²) in [5.41, 5.74) is 4.87. The number of carbonyl (C=O) groups excluding carboxylic acids is 2. The molecule has 22 heavy (non-hydrogen) atoms. The van der Waals surface area contributed by atoms with Gasteiger partial charge in [0.15, 0.2) is 5.76 Å². The van der Waals surface area contributed by atoms with Gasteiger partial charge in [0.25, 0.3) is 5.95 Å². The fraction of sp³-hybridized carbons (Fsp3) is 0.143. The first-order chi connectivity index (χ1) is 10.6. The maximum absolute atomic E-state index is 11.9. The van der Waals surface area contributed by atoms with Gasteiger partial charge in [-0.2, -0.15) is 0 Å². The summed E-state index contributed by atoms with van der Waals surface area (Å²) in [4.78, 5) is 22.4. The minimum Gasteiger partial charge on any atom is -0.426 e. The third-order valence-corrected chi connectivity index (χ3v) is 2.61. The summed E-state index contributed by atoms with van der Waals surface area (Å²) in [7, 11) is 0. The molecule has 0 aliphatic rings. The number of ether oxygens (including phenoxy) is 1. The monoisotopic (exact) mass is 305 g/mol. The largest absolute Gasteiger partial charge is 0.426 e. The molecule has 0 aliphatic carbocycles. The summed E-state index contributed by atoms with van der Waals surface area (Å²) in [5, 5.41) is 12.2. The van der Waals surface area contributed by atoms with Crippen molar-refractivity contribution >= 4 is 11.9 Å². The third-order valence-electron chi connectivity index (χ3n) is 2.61. The number of nitrogens with zero attached hydrogens (tertiary/aromatic N) is 1. The standard InChI is InChI=1S/C14H15N3O5/c15-14(19)16-8-9-17(20)13(18)11-6-7-12(22-11)21-10-4-2-1-3-5-10/h1-7,20H,8-9H2,(H3,15,16,19). The van der Waals surface area contributed by atoms with Gasteiger partial charge in [-0.1, -0.05) is 18.2 Å². The molecule has 2 rings (SSSR count). The maximum Gasteiger partial charge on any atom is 0.313 e. The molecule has 0 radical (unpaired) electrons. The van der Waals surface area contributed by atoms with Crippen LogP contribution in [0.15, 0.2) is 46.9 Å². The van der Waals surface area contributed by atoms with Crippen molar-refractivity contribution in [3.05, 3.63) is 48.2 Å². The van der Waals surface area contributed by atoms with Gasteiger partial charge in [0.1, 0.15) is 5.75 Å². The van der Waals surface area contributed by atoms with Gasteiger partial charge in [0, 0.05) is 12.6 Å². The van der Waals surface area contributed by atoms with E-state index < -0.39 is 11.9 Å². The van der Waals surface area contributed by atoms with Crippen molar-refractivity contribution in [2.75, 3.05) is 13.1 Å². The van der Waals surface area contributed by atoms with Gasteiger partial charge < -0.3 is 20.2 Å². The average Bonchev–Trinajstić information content (AvgIpc) is 2.95. The van der Waals surface area contributed by atoms with E-state index in [9.17, 15) is 14.8 Å². The average molecular weight is 305 g/mol. The molecule has 8 nitrogen and oxygen atoms in total. The topological polar surface area (TPSA) is 118 Å². The van der Waals surface area contributed by atoms with Gasteiger partial charge in [0.05, 0.1) is 6.54 Å². The predicted molar refractivity (Wildman–Crippen MR) is 75.6 cm³/mol. The fourth-order valence-corrected chi connectivity index (χ4v) is 1.61. The van der Waals surface area contributed by atoms with Gasteiger partial charge in [-0.3, -0.25) is 10.0 Å². The SMILES string of the molecule is NC(=O)NCCN(O)C(=O)c1ccc(Oc2ccccc2)o1. The molecule has 0 atom stereocenters. The summed E-state index contributed by atoms with van der Waals surface area (Å²) < 4.78 is 10.6. The second kappa shape index (κ2) is 7.14. The molecule has 1 aromatic carbocycles. The smallest absolute Gasteiger partial charge is 0.313 e. The summed E-state index contributed by atoms with van der Waals surface area (Å²) in [6.07, 6.45) is 0. The van der Waals surface area contributed by atoms with Crippen LogP contribution in [0.25, 0.3) is 0 Å². The number of nitrogens with two attached hydrogens (primary N) is 1. The number of nitrogens with one attached hydrogen (secondary N) is 1. The Morgan fingerprint density at radius 3 is 2.64 bits per heavy atom. The van der Waals surface area contributed by atoms with Crippen molar-refractivity contribution < 1.29 is 24.0 Å². The molecule has 0 unspecified atom stereocenters. The first-order valence-electron chi connectivity index (χ1n) is 6.43. The van der Waals surface area contributed by atoms with Gasteiger partial charge in [-0.05, 0) is 18.2 Å². The molecule has 0 spiro atoms. The van der Waals surface area contributed by atoms with Crippen LogP contribution < -0.4 is 15.8 Å². The summed E-state index contributed by atoms with van der Waals surface area (Å²) in [5.74, 6) is -0.165. The van der Waals surface area contributed by atoms with Crippen molar-refractivity contribution in [3.63, 3.8) is 0 Å². The van der Waals surface area contributed by atoms with Crippen molar-refractivity contribution in [2.45, 2.75) is 0 Å². The lowest BCUT2D eigenvalue weighted by atomic mass is 10.3. The van der Waals surface area contributed by atoms with Gasteiger partial charge in [-0.15, -0.1) is 0 Å². The van der Waals surface area contributed by atoms with Gasteiger partial charge in [0.2, 0.25) is 0 Å². The number of para-hydroxylation sites is 1. The number of hydroxylamine groups is 2. The highest BCUT2D eigenvalue weighted by molar-refractivity contribution is 5.90. The number of rotatable bonds is 6. The Kier molecular flexibility index (Phi) is 4.99. The van der Waals surface area contributed by atoms with E-state index in [4.69, 9.17) is 14.9 Å². The summed E-state index contributed by atoms with van der Waals surface area (Å²) in [6.45, 7) is -0.108. The minimum absolute atomic E-state index is 0.0195. The normalized spacial score (nSPS) is 10.0. The molecule has 116 valence electrons. The molecule has 0 saturated carbocycles. The Balaban J connectivity index is 1.92. The van der Waals surface area contributed by atoms with E-state index in [1.807, 2.05) is 6.07 Å². The van der Waals surface area contributed by atoms with Crippen LogP contribution >= 0.6 is 0 Å². The fourth-order valence-electron chi connectivity index (χ4n) is 1.61. The first-order valence-corrected chi connectivity index (χ1v) is 6.43. The van der Waals surface area contributed by atoms with Crippen molar-refractivity contribution in [1.82, 2.24) is 10.4 Å². The van der Waals surface area contributed by atoms with Crippen molar-refractivity contribution in [3.8, 4) is 11.7 Å². The van der Waals surface area contributed by atoms with E-state index in [-0.39, 0.29) is 24.8 Å². The Morgan fingerprint density at radius 2 is 1.95 bits per heavy atom. The predicted octanol–water partition coefficient (Wildman–Crippen LogP) is 1.57. The van der Waals surface area contributed by atoms with Gasteiger partial charge >= 0.3 is 11.9 Å². The minimum atomic E-state index is -0.755. The third kappa shape index (κ3) is 4.25. The Hall–Kier alpha value is -3.00.